The zero-order valence-corrected chi connectivity index (χ0v) is 12.2. The Morgan fingerprint density at radius 3 is 1.82 bits per heavy atom. The van der Waals surface area contributed by atoms with E-state index in [0.717, 1.165) is 12.1 Å². The topological polar surface area (TPSA) is 120 Å². The molecular formula is C12H7ClN2O6S. The summed E-state index contributed by atoms with van der Waals surface area (Å²) in [5.74, 6) is 0. The third-order valence-corrected chi connectivity index (χ3v) is 4.19. The number of nitrogens with zero attached hydrogens (tertiary/aromatic N) is 2. The van der Waals surface area contributed by atoms with Crippen molar-refractivity contribution in [3.05, 3.63) is 62.7 Å². The van der Waals surface area contributed by atoms with E-state index >= 15 is 0 Å². The first-order valence-electron chi connectivity index (χ1n) is 5.68. The van der Waals surface area contributed by atoms with Crippen LogP contribution in [0.15, 0.2) is 47.4 Å². The van der Waals surface area contributed by atoms with E-state index in [1.807, 2.05) is 0 Å². The van der Waals surface area contributed by atoms with E-state index in [9.17, 15) is 28.6 Å². The molecule has 0 spiro atoms. The van der Waals surface area contributed by atoms with Crippen LogP contribution in [0.1, 0.15) is 0 Å². The van der Waals surface area contributed by atoms with E-state index in [1.165, 1.54) is 30.3 Å². The number of hydrogen-bond donors (Lipinski definition) is 0. The molecule has 2 aromatic rings. The van der Waals surface area contributed by atoms with Crippen LogP contribution in [-0.2, 0) is 9.05 Å². The smallest absolute Gasteiger partial charge is 0.258 e. The van der Waals surface area contributed by atoms with Crippen molar-refractivity contribution < 1.29 is 18.3 Å². The predicted octanol–water partition coefficient (Wildman–Crippen LogP) is 3.10. The van der Waals surface area contributed by atoms with Crippen LogP contribution in [-0.4, -0.2) is 18.3 Å². The van der Waals surface area contributed by atoms with Crippen LogP contribution in [0, 0.1) is 20.2 Å². The lowest BCUT2D eigenvalue weighted by Crippen LogP contribution is -1.98. The van der Waals surface area contributed by atoms with Gasteiger partial charge in [0.1, 0.15) is 0 Å². The van der Waals surface area contributed by atoms with Crippen LogP contribution in [0.25, 0.3) is 11.1 Å². The molecule has 0 atom stereocenters. The number of benzene rings is 2. The Balaban J connectivity index is 2.64. The van der Waals surface area contributed by atoms with Crippen LogP contribution in [0.4, 0.5) is 11.4 Å². The molecule has 0 amide bonds. The van der Waals surface area contributed by atoms with Crippen molar-refractivity contribution in [2.75, 3.05) is 0 Å². The fraction of sp³-hybridized carbons (Fsp3) is 0. The number of non-ortho nitro benzene ring substituents is 2. The summed E-state index contributed by atoms with van der Waals surface area (Å²) in [4.78, 5) is 19.6. The standard InChI is InChI=1S/C12H7ClN2O6S/c13-22(20,21)12-7-10(15(18)19)5-6-11(12)8-1-3-9(4-2-8)14(16)17/h1-7H. The second-order valence-electron chi connectivity index (χ2n) is 4.18. The van der Waals surface area contributed by atoms with Crippen molar-refractivity contribution in [3.63, 3.8) is 0 Å². The van der Waals surface area contributed by atoms with Crippen LogP contribution in [0.2, 0.25) is 0 Å². The highest BCUT2D eigenvalue weighted by molar-refractivity contribution is 8.13. The molecule has 0 saturated carbocycles. The third-order valence-electron chi connectivity index (χ3n) is 2.83. The van der Waals surface area contributed by atoms with Crippen molar-refractivity contribution >= 4 is 31.1 Å². The summed E-state index contributed by atoms with van der Waals surface area (Å²) < 4.78 is 23.2. The van der Waals surface area contributed by atoms with E-state index in [1.54, 1.807) is 0 Å². The Morgan fingerprint density at radius 2 is 1.36 bits per heavy atom. The Morgan fingerprint density at radius 1 is 0.864 bits per heavy atom. The predicted molar refractivity (Wildman–Crippen MR) is 78.2 cm³/mol. The van der Waals surface area contributed by atoms with Crippen molar-refractivity contribution in [2.45, 2.75) is 4.90 Å². The fourth-order valence-electron chi connectivity index (χ4n) is 1.83. The quantitative estimate of drug-likeness (QED) is 0.478. The molecule has 114 valence electrons. The molecule has 8 nitrogen and oxygen atoms in total. The molecule has 0 radical (unpaired) electrons. The van der Waals surface area contributed by atoms with Gasteiger partial charge in [-0.25, -0.2) is 8.42 Å². The second-order valence-corrected chi connectivity index (χ2v) is 6.71. The van der Waals surface area contributed by atoms with E-state index in [0.29, 0.717) is 5.56 Å². The number of nitro groups is 2. The third kappa shape index (κ3) is 3.21. The van der Waals surface area contributed by atoms with Crippen LogP contribution in [0.3, 0.4) is 0 Å². The Kier molecular flexibility index (Phi) is 4.11. The maximum atomic E-state index is 11.6. The van der Waals surface area contributed by atoms with Gasteiger partial charge in [0, 0.05) is 40.5 Å². The average molecular weight is 343 g/mol. The number of nitro benzene ring substituents is 2. The molecule has 0 aliphatic rings. The highest BCUT2D eigenvalue weighted by atomic mass is 35.7. The first-order chi connectivity index (χ1) is 10.2. The van der Waals surface area contributed by atoms with Gasteiger partial charge in [-0.05, 0) is 23.8 Å². The zero-order valence-electron chi connectivity index (χ0n) is 10.7. The van der Waals surface area contributed by atoms with Crippen LogP contribution in [0.5, 0.6) is 0 Å². The van der Waals surface area contributed by atoms with Crippen LogP contribution >= 0.6 is 10.7 Å². The first-order valence-corrected chi connectivity index (χ1v) is 7.99. The SMILES string of the molecule is O=[N+]([O-])c1ccc(-c2ccc([N+](=O)[O-])cc2S(=O)(=O)Cl)cc1. The molecule has 0 N–H and O–H groups in total. The normalized spacial score (nSPS) is 11.1. The highest BCUT2D eigenvalue weighted by Crippen LogP contribution is 2.33. The second kappa shape index (κ2) is 5.70. The molecule has 0 unspecified atom stereocenters. The molecule has 0 fully saturated rings. The minimum absolute atomic E-state index is 0.121. The zero-order chi connectivity index (χ0) is 16.5. The molecule has 22 heavy (non-hydrogen) atoms. The van der Waals surface area contributed by atoms with Gasteiger partial charge in [0.15, 0.2) is 0 Å². The molecule has 0 aromatic heterocycles. The maximum Gasteiger partial charge on any atom is 0.270 e. The van der Waals surface area contributed by atoms with Gasteiger partial charge in [0.2, 0.25) is 0 Å². The molecule has 10 heteroatoms. The summed E-state index contributed by atoms with van der Waals surface area (Å²) in [5, 5.41) is 21.3. The van der Waals surface area contributed by atoms with Gasteiger partial charge in [0.05, 0.1) is 14.7 Å². The lowest BCUT2D eigenvalue weighted by Gasteiger charge is -2.07. The minimum Gasteiger partial charge on any atom is -0.258 e. The lowest BCUT2D eigenvalue weighted by molar-refractivity contribution is -0.385. The van der Waals surface area contributed by atoms with Crippen molar-refractivity contribution in [3.8, 4) is 11.1 Å². The molecule has 2 rings (SSSR count). The van der Waals surface area contributed by atoms with Crippen molar-refractivity contribution in [1.29, 1.82) is 0 Å². The summed E-state index contributed by atoms with van der Waals surface area (Å²) in [7, 11) is 1.08. The monoisotopic (exact) mass is 342 g/mol. The molecule has 0 saturated heterocycles. The van der Waals surface area contributed by atoms with Crippen molar-refractivity contribution in [1.82, 2.24) is 0 Å². The highest BCUT2D eigenvalue weighted by Gasteiger charge is 2.21. The molecule has 0 bridgehead atoms. The molecule has 2 aromatic carbocycles. The summed E-state index contributed by atoms with van der Waals surface area (Å²) in [6.45, 7) is 0. The fourth-order valence-corrected chi connectivity index (χ4v) is 2.92. The number of halogens is 1. The van der Waals surface area contributed by atoms with Gasteiger partial charge in [-0.3, -0.25) is 20.2 Å². The molecular weight excluding hydrogens is 336 g/mol. The van der Waals surface area contributed by atoms with Gasteiger partial charge in [0.25, 0.3) is 20.4 Å². The summed E-state index contributed by atoms with van der Waals surface area (Å²) in [6, 6.07) is 8.27. The summed E-state index contributed by atoms with van der Waals surface area (Å²) in [5.41, 5.74) is -0.138. The van der Waals surface area contributed by atoms with E-state index in [2.05, 4.69) is 0 Å². The molecule has 0 heterocycles. The Labute approximate surface area is 128 Å². The molecule has 0 aliphatic heterocycles. The van der Waals surface area contributed by atoms with Gasteiger partial charge < -0.3 is 0 Å². The Bertz CT molecular complexity index is 864. The first kappa shape index (κ1) is 15.9. The van der Waals surface area contributed by atoms with Gasteiger partial charge in [-0.15, -0.1) is 0 Å². The Hall–Kier alpha value is -2.52. The van der Waals surface area contributed by atoms with Gasteiger partial charge in [-0.1, -0.05) is 0 Å². The average Bonchev–Trinajstić information content (AvgIpc) is 2.45. The summed E-state index contributed by atoms with van der Waals surface area (Å²) in [6.07, 6.45) is 0. The van der Waals surface area contributed by atoms with Crippen molar-refractivity contribution in [2.24, 2.45) is 0 Å². The number of hydrogen-bond acceptors (Lipinski definition) is 6. The molecule has 0 aliphatic carbocycles. The van der Waals surface area contributed by atoms with E-state index in [4.69, 9.17) is 10.7 Å². The van der Waals surface area contributed by atoms with E-state index < -0.39 is 29.5 Å². The van der Waals surface area contributed by atoms with E-state index in [-0.39, 0.29) is 11.3 Å². The van der Waals surface area contributed by atoms with Gasteiger partial charge in [-0.2, -0.15) is 0 Å². The lowest BCUT2D eigenvalue weighted by atomic mass is 10.0. The van der Waals surface area contributed by atoms with Gasteiger partial charge >= 0.3 is 0 Å². The number of rotatable bonds is 4. The summed E-state index contributed by atoms with van der Waals surface area (Å²) >= 11 is 0. The minimum atomic E-state index is -4.23. The van der Waals surface area contributed by atoms with Crippen LogP contribution < -0.4 is 0 Å². The largest absolute Gasteiger partial charge is 0.270 e. The maximum absolute atomic E-state index is 11.6.